The molecule has 0 fully saturated rings. The molecule has 0 unspecified atom stereocenters. The molecule has 0 atom stereocenters. The lowest BCUT2D eigenvalue weighted by atomic mass is 10.1. The topological polar surface area (TPSA) is 43.4 Å². The van der Waals surface area contributed by atoms with E-state index in [2.05, 4.69) is 29.4 Å². The minimum absolute atomic E-state index is 0.497. The van der Waals surface area contributed by atoms with Crippen LogP contribution in [0.15, 0.2) is 24.3 Å². The first kappa shape index (κ1) is 14.6. The highest BCUT2D eigenvalue weighted by Gasteiger charge is 2.10. The lowest BCUT2D eigenvalue weighted by Gasteiger charge is -2.13. The van der Waals surface area contributed by atoms with E-state index in [1.165, 1.54) is 0 Å². The largest absolute Gasteiger partial charge is 0.492 e. The first-order valence-corrected chi connectivity index (χ1v) is 7.08. The molecule has 20 heavy (non-hydrogen) atoms. The van der Waals surface area contributed by atoms with E-state index in [0.29, 0.717) is 13.2 Å². The maximum Gasteiger partial charge on any atom is 0.145 e. The fourth-order valence-electron chi connectivity index (χ4n) is 2.17. The van der Waals surface area contributed by atoms with Crippen LogP contribution in [-0.4, -0.2) is 25.2 Å². The summed E-state index contributed by atoms with van der Waals surface area (Å²) in [7, 11) is 1.68. The number of hydrogen-bond acceptors (Lipinski definition) is 4. The average Bonchev–Trinajstić information content (AvgIpc) is 2.46. The Hall–Kier alpha value is -1.81. The van der Waals surface area contributed by atoms with Crippen molar-refractivity contribution in [2.24, 2.45) is 0 Å². The van der Waals surface area contributed by atoms with Crippen molar-refractivity contribution >= 4 is 16.6 Å². The van der Waals surface area contributed by atoms with Gasteiger partial charge in [-0.1, -0.05) is 19.1 Å². The van der Waals surface area contributed by atoms with Gasteiger partial charge in [0.1, 0.15) is 11.3 Å². The number of para-hydroxylation sites is 1. The quantitative estimate of drug-likeness (QED) is 0.837. The van der Waals surface area contributed by atoms with E-state index >= 15 is 0 Å². The molecule has 0 saturated carbocycles. The number of aromatic nitrogens is 1. The van der Waals surface area contributed by atoms with Crippen LogP contribution < -0.4 is 10.1 Å². The van der Waals surface area contributed by atoms with Crippen molar-refractivity contribution in [3.8, 4) is 5.75 Å². The predicted molar refractivity (Wildman–Crippen MR) is 82.4 cm³/mol. The van der Waals surface area contributed by atoms with Crippen molar-refractivity contribution in [1.82, 2.24) is 4.98 Å². The summed E-state index contributed by atoms with van der Waals surface area (Å²) in [4.78, 5) is 4.66. The number of nitrogens with zero attached hydrogens (tertiary/aromatic N) is 1. The van der Waals surface area contributed by atoms with Crippen LogP contribution >= 0.6 is 0 Å². The van der Waals surface area contributed by atoms with Gasteiger partial charge in [-0.2, -0.15) is 0 Å². The number of nitrogens with one attached hydrogen (secondary N) is 1. The molecule has 0 spiro atoms. The van der Waals surface area contributed by atoms with Crippen molar-refractivity contribution in [2.75, 3.05) is 25.6 Å². The van der Waals surface area contributed by atoms with E-state index in [4.69, 9.17) is 9.47 Å². The lowest BCUT2D eigenvalue weighted by Crippen LogP contribution is -2.04. The standard InChI is InChI=1S/C16H22N2O2/c1-4-9-17-14-10-12(11-19-3)18-16-13(14)7-6-8-15(16)20-5-2/h6-8,10H,4-5,9,11H2,1-3H3,(H,17,18). The summed E-state index contributed by atoms with van der Waals surface area (Å²) in [5.41, 5.74) is 2.89. The van der Waals surface area contributed by atoms with Gasteiger partial charge in [0.25, 0.3) is 0 Å². The van der Waals surface area contributed by atoms with Crippen LogP contribution in [-0.2, 0) is 11.3 Å². The molecule has 2 aromatic rings. The highest BCUT2D eigenvalue weighted by atomic mass is 16.5. The third-order valence-corrected chi connectivity index (χ3v) is 3.01. The van der Waals surface area contributed by atoms with Gasteiger partial charge in [-0.25, -0.2) is 4.98 Å². The Bertz CT molecular complexity index is 570. The van der Waals surface area contributed by atoms with Gasteiger partial charge in [-0.05, 0) is 25.5 Å². The summed E-state index contributed by atoms with van der Waals surface area (Å²) < 4.78 is 10.9. The molecule has 0 aliphatic rings. The van der Waals surface area contributed by atoms with Crippen LogP contribution in [0.2, 0.25) is 0 Å². The van der Waals surface area contributed by atoms with E-state index in [9.17, 15) is 0 Å². The van der Waals surface area contributed by atoms with Crippen molar-refractivity contribution in [1.29, 1.82) is 0 Å². The van der Waals surface area contributed by atoms with Gasteiger partial charge in [0.05, 0.1) is 18.9 Å². The molecule has 2 rings (SSSR count). The molecule has 0 aliphatic heterocycles. The van der Waals surface area contributed by atoms with Gasteiger partial charge in [0.15, 0.2) is 0 Å². The first-order valence-electron chi connectivity index (χ1n) is 7.08. The molecular weight excluding hydrogens is 252 g/mol. The Balaban J connectivity index is 2.54. The zero-order valence-corrected chi connectivity index (χ0v) is 12.4. The molecule has 0 saturated heterocycles. The zero-order chi connectivity index (χ0) is 14.4. The number of anilines is 1. The molecule has 4 heteroatoms. The number of ether oxygens (including phenoxy) is 2. The zero-order valence-electron chi connectivity index (χ0n) is 12.4. The molecule has 1 aromatic carbocycles. The second-order valence-electron chi connectivity index (χ2n) is 4.61. The van der Waals surface area contributed by atoms with Crippen molar-refractivity contribution in [3.63, 3.8) is 0 Å². The van der Waals surface area contributed by atoms with Crippen LogP contribution in [0.5, 0.6) is 5.75 Å². The molecule has 1 heterocycles. The van der Waals surface area contributed by atoms with Crippen LogP contribution in [0.25, 0.3) is 10.9 Å². The van der Waals surface area contributed by atoms with Crippen molar-refractivity contribution < 1.29 is 9.47 Å². The van der Waals surface area contributed by atoms with Gasteiger partial charge >= 0.3 is 0 Å². The summed E-state index contributed by atoms with van der Waals surface area (Å²) in [5, 5.41) is 4.54. The highest BCUT2D eigenvalue weighted by Crippen LogP contribution is 2.30. The predicted octanol–water partition coefficient (Wildman–Crippen LogP) is 3.60. The fourth-order valence-corrected chi connectivity index (χ4v) is 2.17. The second-order valence-corrected chi connectivity index (χ2v) is 4.61. The second kappa shape index (κ2) is 7.10. The molecule has 1 N–H and O–H groups in total. The molecule has 0 radical (unpaired) electrons. The monoisotopic (exact) mass is 274 g/mol. The summed E-state index contributed by atoms with van der Waals surface area (Å²) in [6.07, 6.45) is 1.08. The Morgan fingerprint density at radius 3 is 2.80 bits per heavy atom. The van der Waals surface area contributed by atoms with E-state index in [-0.39, 0.29) is 0 Å². The van der Waals surface area contributed by atoms with Gasteiger partial charge in [-0.3, -0.25) is 0 Å². The molecular formula is C16H22N2O2. The van der Waals surface area contributed by atoms with Gasteiger partial charge < -0.3 is 14.8 Å². The van der Waals surface area contributed by atoms with Gasteiger partial charge in [0.2, 0.25) is 0 Å². The smallest absolute Gasteiger partial charge is 0.145 e. The van der Waals surface area contributed by atoms with Crippen LogP contribution in [0.4, 0.5) is 5.69 Å². The van der Waals surface area contributed by atoms with Crippen LogP contribution in [0.1, 0.15) is 26.0 Å². The normalized spacial score (nSPS) is 10.8. The maximum absolute atomic E-state index is 5.68. The summed E-state index contributed by atoms with van der Waals surface area (Å²) in [5.74, 6) is 0.822. The number of methoxy groups -OCH3 is 1. The summed E-state index contributed by atoms with van der Waals surface area (Å²) in [6, 6.07) is 8.08. The molecule has 0 amide bonds. The summed E-state index contributed by atoms with van der Waals surface area (Å²) >= 11 is 0. The number of pyridine rings is 1. The van der Waals surface area contributed by atoms with Gasteiger partial charge in [-0.15, -0.1) is 0 Å². The molecule has 0 bridgehead atoms. The van der Waals surface area contributed by atoms with Crippen LogP contribution in [0, 0.1) is 0 Å². The molecule has 0 aliphatic carbocycles. The van der Waals surface area contributed by atoms with E-state index < -0.39 is 0 Å². The Morgan fingerprint density at radius 1 is 1.25 bits per heavy atom. The minimum Gasteiger partial charge on any atom is -0.492 e. The number of rotatable bonds is 7. The van der Waals surface area contributed by atoms with Crippen molar-refractivity contribution in [3.05, 3.63) is 30.0 Å². The van der Waals surface area contributed by atoms with Crippen molar-refractivity contribution in [2.45, 2.75) is 26.9 Å². The first-order chi connectivity index (χ1) is 9.80. The Labute approximate surface area is 120 Å². The van der Waals surface area contributed by atoms with Crippen LogP contribution in [0.3, 0.4) is 0 Å². The number of benzene rings is 1. The SMILES string of the molecule is CCCNc1cc(COC)nc2c(OCC)cccc12. The third-order valence-electron chi connectivity index (χ3n) is 3.01. The Morgan fingerprint density at radius 2 is 2.10 bits per heavy atom. The molecule has 1 aromatic heterocycles. The number of fused-ring (bicyclic) bond motifs is 1. The van der Waals surface area contributed by atoms with E-state index in [0.717, 1.165) is 41.0 Å². The van der Waals surface area contributed by atoms with Gasteiger partial charge in [0, 0.05) is 24.7 Å². The highest BCUT2D eigenvalue weighted by molar-refractivity contribution is 5.95. The lowest BCUT2D eigenvalue weighted by molar-refractivity contribution is 0.182. The average molecular weight is 274 g/mol. The number of hydrogen-bond donors (Lipinski definition) is 1. The molecule has 108 valence electrons. The maximum atomic E-state index is 5.68. The summed E-state index contributed by atoms with van der Waals surface area (Å²) in [6.45, 7) is 6.20. The fraction of sp³-hybridized carbons (Fsp3) is 0.438. The Kier molecular flexibility index (Phi) is 5.18. The minimum atomic E-state index is 0.497. The molecule has 4 nitrogen and oxygen atoms in total. The van der Waals surface area contributed by atoms with E-state index in [1.54, 1.807) is 7.11 Å². The third kappa shape index (κ3) is 3.20. The van der Waals surface area contributed by atoms with E-state index in [1.807, 2.05) is 19.1 Å².